The maximum atomic E-state index is 12.9. The van der Waals surface area contributed by atoms with E-state index < -0.39 is 23.3 Å². The summed E-state index contributed by atoms with van der Waals surface area (Å²) in [6.45, 7) is 0.581. The van der Waals surface area contributed by atoms with Crippen molar-refractivity contribution in [2.24, 2.45) is 0 Å². The molecule has 0 unspecified atom stereocenters. The molecule has 0 aliphatic carbocycles. The van der Waals surface area contributed by atoms with Gasteiger partial charge in [0.25, 0.3) is 5.91 Å². The Bertz CT molecular complexity index is 622. The summed E-state index contributed by atoms with van der Waals surface area (Å²) >= 11 is 0. The van der Waals surface area contributed by atoms with E-state index in [1.54, 1.807) is 6.07 Å². The Balaban J connectivity index is 2.70. The molecule has 0 saturated heterocycles. The summed E-state index contributed by atoms with van der Waals surface area (Å²) in [4.78, 5) is 11.9. The van der Waals surface area contributed by atoms with Crippen molar-refractivity contribution >= 4 is 11.6 Å². The molecule has 0 heterocycles. The van der Waals surface area contributed by atoms with Crippen LogP contribution < -0.4 is 10.6 Å². The topological polar surface area (TPSA) is 85.2 Å². The minimum atomic E-state index is -4.61. The average Bonchev–Trinajstić information content (AvgIpc) is 2.53. The zero-order valence-electron chi connectivity index (χ0n) is 12.9. The number of para-hydroxylation sites is 1. The monoisotopic (exact) mass is 341 g/mol. The minimum Gasteiger partial charge on any atom is -0.396 e. The van der Waals surface area contributed by atoms with Crippen LogP contribution in [0.2, 0.25) is 0 Å². The average molecular weight is 341 g/mol. The fourth-order valence-corrected chi connectivity index (χ4v) is 1.87. The van der Waals surface area contributed by atoms with Crippen molar-refractivity contribution in [3.8, 4) is 6.07 Å². The van der Waals surface area contributed by atoms with Crippen LogP contribution in [0.15, 0.2) is 36.0 Å². The van der Waals surface area contributed by atoms with Gasteiger partial charge in [0.2, 0.25) is 0 Å². The number of aliphatic hydroxyl groups is 1. The first-order valence-electron chi connectivity index (χ1n) is 7.32. The first-order chi connectivity index (χ1) is 11.4. The highest BCUT2D eigenvalue weighted by Crippen LogP contribution is 2.34. The summed E-state index contributed by atoms with van der Waals surface area (Å²) in [5.74, 6) is -0.919. The Morgan fingerprint density at radius 3 is 2.58 bits per heavy atom. The number of anilines is 1. The molecule has 0 aromatic heterocycles. The molecule has 0 aliphatic heterocycles. The largest absolute Gasteiger partial charge is 0.418 e. The number of carbonyl (C=O) groups excluding carboxylic acids is 1. The number of hydrogen-bond acceptors (Lipinski definition) is 4. The van der Waals surface area contributed by atoms with Gasteiger partial charge in [-0.25, -0.2) is 0 Å². The smallest absolute Gasteiger partial charge is 0.396 e. The SMILES string of the molecule is N#C/C(=C/NCCCCCO)C(=O)Nc1ccccc1C(F)(F)F. The Morgan fingerprint density at radius 1 is 1.25 bits per heavy atom. The Hall–Kier alpha value is -2.53. The maximum Gasteiger partial charge on any atom is 0.418 e. The lowest BCUT2D eigenvalue weighted by Gasteiger charge is -2.13. The minimum absolute atomic E-state index is 0.0975. The Kier molecular flexibility index (Phi) is 7.79. The van der Waals surface area contributed by atoms with E-state index in [1.807, 2.05) is 0 Å². The molecule has 5 nitrogen and oxygen atoms in total. The lowest BCUT2D eigenvalue weighted by atomic mass is 10.1. The molecule has 0 aliphatic rings. The number of rotatable bonds is 8. The predicted octanol–water partition coefficient (Wildman–Crippen LogP) is 2.80. The highest BCUT2D eigenvalue weighted by atomic mass is 19.4. The predicted molar refractivity (Wildman–Crippen MR) is 82.7 cm³/mol. The number of unbranched alkanes of at least 4 members (excludes halogenated alkanes) is 2. The number of halogens is 3. The molecule has 0 fully saturated rings. The molecular formula is C16H18F3N3O2. The third-order valence-corrected chi connectivity index (χ3v) is 3.07. The van der Waals surface area contributed by atoms with Crippen molar-refractivity contribution in [2.75, 3.05) is 18.5 Å². The molecule has 1 rings (SSSR count). The zero-order valence-corrected chi connectivity index (χ0v) is 12.9. The van der Waals surface area contributed by atoms with Crippen LogP contribution in [0.5, 0.6) is 0 Å². The van der Waals surface area contributed by atoms with Gasteiger partial charge in [-0.2, -0.15) is 18.4 Å². The van der Waals surface area contributed by atoms with E-state index in [1.165, 1.54) is 18.3 Å². The molecule has 3 N–H and O–H groups in total. The molecule has 1 amide bonds. The molecular weight excluding hydrogens is 323 g/mol. The van der Waals surface area contributed by atoms with Crippen LogP contribution in [-0.2, 0) is 11.0 Å². The number of amides is 1. The Labute approximate surface area is 137 Å². The number of aliphatic hydroxyl groups excluding tert-OH is 1. The molecule has 130 valence electrons. The van der Waals surface area contributed by atoms with Gasteiger partial charge in [-0.05, 0) is 31.4 Å². The van der Waals surface area contributed by atoms with Crippen LogP contribution in [0.3, 0.4) is 0 Å². The van der Waals surface area contributed by atoms with Crippen molar-refractivity contribution in [3.05, 3.63) is 41.6 Å². The van der Waals surface area contributed by atoms with Gasteiger partial charge in [0, 0.05) is 19.4 Å². The second kappa shape index (κ2) is 9.57. The van der Waals surface area contributed by atoms with Gasteiger partial charge in [0.05, 0.1) is 11.3 Å². The van der Waals surface area contributed by atoms with Gasteiger partial charge < -0.3 is 15.7 Å². The lowest BCUT2D eigenvalue weighted by molar-refractivity contribution is -0.137. The van der Waals surface area contributed by atoms with E-state index >= 15 is 0 Å². The van der Waals surface area contributed by atoms with Crippen LogP contribution in [-0.4, -0.2) is 24.2 Å². The van der Waals surface area contributed by atoms with Crippen LogP contribution in [0.25, 0.3) is 0 Å². The fourth-order valence-electron chi connectivity index (χ4n) is 1.87. The van der Waals surface area contributed by atoms with Crippen molar-refractivity contribution in [1.29, 1.82) is 5.26 Å². The molecule has 8 heteroatoms. The van der Waals surface area contributed by atoms with E-state index in [9.17, 15) is 18.0 Å². The number of nitrogens with one attached hydrogen (secondary N) is 2. The van der Waals surface area contributed by atoms with Gasteiger partial charge in [0.1, 0.15) is 11.6 Å². The molecule has 0 spiro atoms. The standard InChI is InChI=1S/C16H18F3N3O2/c17-16(18,19)13-6-2-3-7-14(13)22-15(24)12(10-20)11-21-8-4-1-5-9-23/h2-3,6-7,11,21,23H,1,4-5,8-9H2,(H,22,24)/b12-11-. The number of nitriles is 1. The van der Waals surface area contributed by atoms with E-state index in [0.29, 0.717) is 13.0 Å². The molecule has 1 aromatic rings. The summed E-state index contributed by atoms with van der Waals surface area (Å²) in [6, 6.07) is 6.20. The van der Waals surface area contributed by atoms with Crippen LogP contribution in [0, 0.1) is 11.3 Å². The van der Waals surface area contributed by atoms with Gasteiger partial charge in [-0.1, -0.05) is 12.1 Å². The molecule has 0 atom stereocenters. The molecule has 1 aromatic carbocycles. The van der Waals surface area contributed by atoms with Crippen molar-refractivity contribution in [2.45, 2.75) is 25.4 Å². The number of carbonyl (C=O) groups is 1. The zero-order chi connectivity index (χ0) is 18.0. The number of hydrogen-bond donors (Lipinski definition) is 3. The highest BCUT2D eigenvalue weighted by Gasteiger charge is 2.33. The van der Waals surface area contributed by atoms with E-state index in [0.717, 1.165) is 25.0 Å². The number of nitrogens with zero attached hydrogens (tertiary/aromatic N) is 1. The third-order valence-electron chi connectivity index (χ3n) is 3.07. The van der Waals surface area contributed by atoms with Crippen molar-refractivity contribution in [3.63, 3.8) is 0 Å². The molecule has 0 radical (unpaired) electrons. The maximum absolute atomic E-state index is 12.9. The van der Waals surface area contributed by atoms with Crippen molar-refractivity contribution in [1.82, 2.24) is 5.32 Å². The van der Waals surface area contributed by atoms with Gasteiger partial charge in [-0.15, -0.1) is 0 Å². The summed E-state index contributed by atoms with van der Waals surface area (Å²) < 4.78 is 38.6. The highest BCUT2D eigenvalue weighted by molar-refractivity contribution is 6.06. The number of benzene rings is 1. The van der Waals surface area contributed by atoms with Crippen LogP contribution in [0.1, 0.15) is 24.8 Å². The van der Waals surface area contributed by atoms with Crippen LogP contribution >= 0.6 is 0 Å². The Morgan fingerprint density at radius 2 is 1.96 bits per heavy atom. The van der Waals surface area contributed by atoms with Gasteiger partial charge in [0.15, 0.2) is 0 Å². The molecule has 0 saturated carbocycles. The molecule has 0 bridgehead atoms. The first kappa shape index (κ1) is 19.5. The number of alkyl halides is 3. The van der Waals surface area contributed by atoms with Crippen LogP contribution in [0.4, 0.5) is 18.9 Å². The van der Waals surface area contributed by atoms with Gasteiger partial charge in [-0.3, -0.25) is 4.79 Å². The third kappa shape index (κ3) is 6.30. The lowest BCUT2D eigenvalue weighted by Crippen LogP contribution is -2.19. The first-order valence-corrected chi connectivity index (χ1v) is 7.32. The molecule has 24 heavy (non-hydrogen) atoms. The summed E-state index contributed by atoms with van der Waals surface area (Å²) in [5, 5.41) is 22.5. The van der Waals surface area contributed by atoms with Gasteiger partial charge >= 0.3 is 6.18 Å². The normalized spacial score (nSPS) is 11.7. The fraction of sp³-hybridized carbons (Fsp3) is 0.375. The van der Waals surface area contributed by atoms with E-state index in [4.69, 9.17) is 10.4 Å². The van der Waals surface area contributed by atoms with E-state index in [-0.39, 0.29) is 12.2 Å². The quantitative estimate of drug-likeness (QED) is 0.386. The second-order valence-electron chi connectivity index (χ2n) is 4.91. The summed E-state index contributed by atoms with van der Waals surface area (Å²) in [5.41, 5.74) is -1.71. The summed E-state index contributed by atoms with van der Waals surface area (Å²) in [6.07, 6.45) is -1.26. The second-order valence-corrected chi connectivity index (χ2v) is 4.91. The summed E-state index contributed by atoms with van der Waals surface area (Å²) in [7, 11) is 0. The van der Waals surface area contributed by atoms with E-state index in [2.05, 4.69) is 10.6 Å². The van der Waals surface area contributed by atoms with Crippen molar-refractivity contribution < 1.29 is 23.1 Å².